The predicted octanol–water partition coefficient (Wildman–Crippen LogP) is 3.58. The Morgan fingerprint density at radius 1 is 1.44 bits per heavy atom. The quantitative estimate of drug-likeness (QED) is 0.836. The Hall–Kier alpha value is -1.16. The van der Waals surface area contributed by atoms with E-state index in [0.717, 1.165) is 22.2 Å². The lowest BCUT2D eigenvalue weighted by molar-refractivity contribution is -0.129. The first-order valence-electron chi connectivity index (χ1n) is 6.16. The number of hydrogen-bond acceptors (Lipinski definition) is 2. The molecule has 0 saturated carbocycles. The molecule has 1 aromatic rings. The van der Waals surface area contributed by atoms with Crippen LogP contribution in [0.1, 0.15) is 32.3 Å². The van der Waals surface area contributed by atoms with Gasteiger partial charge in [0.1, 0.15) is 0 Å². The summed E-state index contributed by atoms with van der Waals surface area (Å²) in [5.74, 6) is 0.646. The average Bonchev–Trinajstić information content (AvgIpc) is 2.58. The number of carbonyl (C=O) groups is 1. The van der Waals surface area contributed by atoms with Gasteiger partial charge in [-0.1, -0.05) is 41.9 Å². The van der Waals surface area contributed by atoms with Crippen LogP contribution < -0.4 is 0 Å². The molecular weight excluding hydrogens is 292 g/mol. The molecule has 1 aromatic carbocycles. The van der Waals surface area contributed by atoms with Crippen LogP contribution in [-0.2, 0) is 11.3 Å². The summed E-state index contributed by atoms with van der Waals surface area (Å²) in [7, 11) is 0. The summed E-state index contributed by atoms with van der Waals surface area (Å²) in [6, 6.07) is 7.97. The van der Waals surface area contributed by atoms with Gasteiger partial charge in [0, 0.05) is 10.2 Å². The highest BCUT2D eigenvalue weighted by atomic mass is 79.9. The number of benzene rings is 1. The van der Waals surface area contributed by atoms with Crippen LogP contribution in [0.3, 0.4) is 0 Å². The van der Waals surface area contributed by atoms with Crippen molar-refractivity contribution in [1.82, 2.24) is 5.01 Å². The minimum absolute atomic E-state index is 0.102. The number of rotatable bonds is 4. The van der Waals surface area contributed by atoms with Crippen LogP contribution in [0.25, 0.3) is 0 Å². The molecule has 0 saturated heterocycles. The summed E-state index contributed by atoms with van der Waals surface area (Å²) in [4.78, 5) is 11.9. The third kappa shape index (κ3) is 3.42. The molecule has 0 N–H and O–H groups in total. The number of nitrogens with zero attached hydrogens (tertiary/aromatic N) is 2. The van der Waals surface area contributed by atoms with E-state index in [-0.39, 0.29) is 5.91 Å². The van der Waals surface area contributed by atoms with Gasteiger partial charge in [-0.15, -0.1) is 0 Å². The Kier molecular flexibility index (Phi) is 4.17. The van der Waals surface area contributed by atoms with E-state index in [0.29, 0.717) is 18.9 Å². The van der Waals surface area contributed by atoms with Crippen molar-refractivity contribution in [2.24, 2.45) is 11.0 Å². The molecule has 0 radical (unpaired) electrons. The molecule has 18 heavy (non-hydrogen) atoms. The molecule has 1 amide bonds. The van der Waals surface area contributed by atoms with Gasteiger partial charge in [0.15, 0.2) is 0 Å². The highest BCUT2D eigenvalue weighted by molar-refractivity contribution is 9.10. The smallest absolute Gasteiger partial charge is 0.248 e. The number of hydrogen-bond donors (Lipinski definition) is 0. The minimum atomic E-state index is 0.102. The van der Waals surface area contributed by atoms with Gasteiger partial charge in [0.2, 0.25) is 5.91 Å². The van der Waals surface area contributed by atoms with Crippen LogP contribution in [0, 0.1) is 5.92 Å². The zero-order valence-electron chi connectivity index (χ0n) is 10.7. The average molecular weight is 309 g/mol. The molecule has 2 rings (SSSR count). The molecule has 1 aliphatic rings. The Labute approximate surface area is 116 Å². The summed E-state index contributed by atoms with van der Waals surface area (Å²) < 4.78 is 1.03. The highest BCUT2D eigenvalue weighted by Crippen LogP contribution is 2.19. The fourth-order valence-corrected chi connectivity index (χ4v) is 2.49. The first kappa shape index (κ1) is 13.3. The van der Waals surface area contributed by atoms with Crippen LogP contribution in [0.5, 0.6) is 0 Å². The molecule has 0 unspecified atom stereocenters. The van der Waals surface area contributed by atoms with Crippen LogP contribution in [-0.4, -0.2) is 16.6 Å². The number of carbonyl (C=O) groups excluding carboxylic acids is 1. The second-order valence-electron chi connectivity index (χ2n) is 5.02. The molecule has 0 spiro atoms. The maximum atomic E-state index is 11.9. The van der Waals surface area contributed by atoms with Gasteiger partial charge in [-0.2, -0.15) is 5.10 Å². The monoisotopic (exact) mass is 308 g/mol. The third-order valence-corrected chi connectivity index (χ3v) is 3.26. The zero-order chi connectivity index (χ0) is 13.1. The topological polar surface area (TPSA) is 32.7 Å². The fraction of sp³-hybridized carbons (Fsp3) is 0.429. The molecule has 0 aromatic heterocycles. The normalized spacial score (nSPS) is 15.4. The lowest BCUT2D eigenvalue weighted by Crippen LogP contribution is -2.20. The first-order chi connectivity index (χ1) is 8.54. The summed E-state index contributed by atoms with van der Waals surface area (Å²) >= 11 is 3.43. The second kappa shape index (κ2) is 5.65. The molecule has 0 bridgehead atoms. The molecule has 1 heterocycles. The van der Waals surface area contributed by atoms with Crippen molar-refractivity contribution in [2.45, 2.75) is 33.2 Å². The van der Waals surface area contributed by atoms with E-state index in [9.17, 15) is 4.79 Å². The van der Waals surface area contributed by atoms with Gasteiger partial charge in [0.25, 0.3) is 0 Å². The van der Waals surface area contributed by atoms with Gasteiger partial charge in [0.05, 0.1) is 13.0 Å². The van der Waals surface area contributed by atoms with Gasteiger partial charge < -0.3 is 0 Å². The van der Waals surface area contributed by atoms with Crippen molar-refractivity contribution in [3.8, 4) is 0 Å². The molecule has 0 aliphatic carbocycles. The molecule has 0 atom stereocenters. The van der Waals surface area contributed by atoms with Crippen LogP contribution >= 0.6 is 15.9 Å². The third-order valence-electron chi connectivity index (χ3n) is 2.77. The highest BCUT2D eigenvalue weighted by Gasteiger charge is 2.23. The van der Waals surface area contributed by atoms with Crippen LogP contribution in [0.4, 0.5) is 0 Å². The molecule has 4 heteroatoms. The van der Waals surface area contributed by atoms with Crippen molar-refractivity contribution in [2.75, 3.05) is 0 Å². The summed E-state index contributed by atoms with van der Waals surface area (Å²) in [6.45, 7) is 4.84. The molecule has 1 aliphatic heterocycles. The SMILES string of the molecule is CC(C)CC1=NN(Cc2cccc(Br)c2)C(=O)C1. The van der Waals surface area contributed by atoms with Crippen molar-refractivity contribution in [3.05, 3.63) is 34.3 Å². The van der Waals surface area contributed by atoms with E-state index in [2.05, 4.69) is 34.9 Å². The standard InChI is InChI=1S/C14H17BrN2O/c1-10(2)6-13-8-14(18)17(16-13)9-11-4-3-5-12(15)7-11/h3-5,7,10H,6,8-9H2,1-2H3. The number of halogens is 1. The van der Waals surface area contributed by atoms with Crippen molar-refractivity contribution < 1.29 is 4.79 Å². The Balaban J connectivity index is 2.05. The summed E-state index contributed by atoms with van der Waals surface area (Å²) in [5.41, 5.74) is 2.09. The number of hydrazone groups is 1. The van der Waals surface area contributed by atoms with Crippen molar-refractivity contribution >= 4 is 27.5 Å². The Morgan fingerprint density at radius 3 is 2.89 bits per heavy atom. The Bertz CT molecular complexity index is 482. The zero-order valence-corrected chi connectivity index (χ0v) is 12.3. The van der Waals surface area contributed by atoms with Gasteiger partial charge >= 0.3 is 0 Å². The molecule has 0 fully saturated rings. The largest absolute Gasteiger partial charge is 0.273 e. The fourth-order valence-electron chi connectivity index (χ4n) is 2.04. The van der Waals surface area contributed by atoms with E-state index in [1.54, 1.807) is 5.01 Å². The van der Waals surface area contributed by atoms with E-state index < -0.39 is 0 Å². The lowest BCUT2D eigenvalue weighted by atomic mass is 10.1. The van der Waals surface area contributed by atoms with E-state index in [1.165, 1.54) is 0 Å². The second-order valence-corrected chi connectivity index (χ2v) is 5.94. The van der Waals surface area contributed by atoms with Gasteiger partial charge in [-0.05, 0) is 30.0 Å². The van der Waals surface area contributed by atoms with Crippen molar-refractivity contribution in [3.63, 3.8) is 0 Å². The lowest BCUT2D eigenvalue weighted by Gasteiger charge is -2.11. The minimum Gasteiger partial charge on any atom is -0.273 e. The van der Waals surface area contributed by atoms with Gasteiger partial charge in [-0.3, -0.25) is 4.79 Å². The van der Waals surface area contributed by atoms with E-state index in [1.807, 2.05) is 24.3 Å². The molecule has 3 nitrogen and oxygen atoms in total. The van der Waals surface area contributed by atoms with Gasteiger partial charge in [-0.25, -0.2) is 5.01 Å². The predicted molar refractivity (Wildman–Crippen MR) is 76.2 cm³/mol. The van der Waals surface area contributed by atoms with Crippen molar-refractivity contribution in [1.29, 1.82) is 0 Å². The van der Waals surface area contributed by atoms with Crippen LogP contribution in [0.2, 0.25) is 0 Å². The number of amides is 1. The van der Waals surface area contributed by atoms with Crippen LogP contribution in [0.15, 0.2) is 33.8 Å². The van der Waals surface area contributed by atoms with E-state index >= 15 is 0 Å². The maximum absolute atomic E-state index is 11.9. The van der Waals surface area contributed by atoms with E-state index in [4.69, 9.17) is 0 Å². The first-order valence-corrected chi connectivity index (χ1v) is 6.95. The molecular formula is C14H17BrN2O. The Morgan fingerprint density at radius 2 is 2.22 bits per heavy atom. The maximum Gasteiger partial charge on any atom is 0.248 e. The summed E-state index contributed by atoms with van der Waals surface area (Å²) in [5, 5.41) is 6.00. The summed E-state index contributed by atoms with van der Waals surface area (Å²) in [6.07, 6.45) is 1.38. The molecule has 96 valence electrons.